The van der Waals surface area contributed by atoms with Crippen LogP contribution in [0.5, 0.6) is 0 Å². The Hall–Kier alpha value is -2.28. The van der Waals surface area contributed by atoms with Crippen LogP contribution >= 0.6 is 23.2 Å². The number of benzene rings is 2. The molecule has 1 heterocycles. The van der Waals surface area contributed by atoms with Crippen LogP contribution in [0.15, 0.2) is 42.5 Å². The zero-order valence-corrected chi connectivity index (χ0v) is 15.3. The van der Waals surface area contributed by atoms with Gasteiger partial charge >= 0.3 is 6.03 Å². The molecule has 3 amide bonds. The number of carbonyl (C=O) groups is 2. The number of rotatable bonds is 3. The molecule has 136 valence electrons. The first-order chi connectivity index (χ1) is 12.4. The molecule has 1 atom stereocenters. The van der Waals surface area contributed by atoms with Gasteiger partial charge in [0.25, 0.3) is 0 Å². The number of primary amides is 1. The second kappa shape index (κ2) is 7.95. The first-order valence-electron chi connectivity index (χ1n) is 7.96. The number of anilines is 1. The predicted octanol–water partition coefficient (Wildman–Crippen LogP) is 3.38. The number of nitrogens with zero attached hydrogens (tertiary/aromatic N) is 1. The highest BCUT2D eigenvalue weighted by Crippen LogP contribution is 2.29. The summed E-state index contributed by atoms with van der Waals surface area (Å²) in [5.74, 6) is -0.580. The predicted molar refractivity (Wildman–Crippen MR) is 101 cm³/mol. The Kier molecular flexibility index (Phi) is 5.66. The van der Waals surface area contributed by atoms with E-state index in [0.717, 1.165) is 11.1 Å². The van der Waals surface area contributed by atoms with Gasteiger partial charge in [-0.3, -0.25) is 4.79 Å². The van der Waals surface area contributed by atoms with Gasteiger partial charge in [0.05, 0.1) is 23.2 Å². The Bertz CT molecular complexity index is 844. The number of hydrogen-bond acceptors (Lipinski definition) is 3. The lowest BCUT2D eigenvalue weighted by Crippen LogP contribution is -2.51. The van der Waals surface area contributed by atoms with Crippen LogP contribution in [0.3, 0.4) is 0 Å². The summed E-state index contributed by atoms with van der Waals surface area (Å²) in [6.07, 6.45) is -0.781. The van der Waals surface area contributed by atoms with Crippen molar-refractivity contribution in [1.82, 2.24) is 4.90 Å². The number of carbonyl (C=O) groups excluding carboxylic acids is 2. The van der Waals surface area contributed by atoms with Crippen LogP contribution in [0.2, 0.25) is 10.0 Å². The van der Waals surface area contributed by atoms with E-state index in [2.05, 4.69) is 5.32 Å². The van der Waals surface area contributed by atoms with E-state index in [-0.39, 0.29) is 19.2 Å². The highest BCUT2D eigenvalue weighted by molar-refractivity contribution is 6.42. The Morgan fingerprint density at radius 1 is 1.12 bits per heavy atom. The largest absolute Gasteiger partial charge is 0.367 e. The Labute approximate surface area is 160 Å². The molecular formula is C18H17Cl2N3O3. The Morgan fingerprint density at radius 2 is 1.88 bits per heavy atom. The molecule has 2 aromatic rings. The number of hydrogen-bond donors (Lipinski definition) is 2. The zero-order valence-electron chi connectivity index (χ0n) is 13.7. The van der Waals surface area contributed by atoms with Crippen LogP contribution in [0.4, 0.5) is 10.5 Å². The highest BCUT2D eigenvalue weighted by atomic mass is 35.5. The molecule has 0 spiro atoms. The molecule has 2 aromatic carbocycles. The third-order valence-electron chi connectivity index (χ3n) is 4.04. The van der Waals surface area contributed by atoms with Crippen molar-refractivity contribution in [3.05, 3.63) is 52.5 Å². The van der Waals surface area contributed by atoms with E-state index in [1.807, 2.05) is 24.3 Å². The molecule has 0 unspecified atom stereocenters. The van der Waals surface area contributed by atoms with Gasteiger partial charge in [-0.2, -0.15) is 0 Å². The van der Waals surface area contributed by atoms with Gasteiger partial charge in [0.2, 0.25) is 5.91 Å². The standard InChI is InChI=1S/C18H17Cl2N3O3/c19-14-5-4-12(9-15(14)20)11-2-1-3-13(8-11)22-18(25)23-6-7-26-16(10-23)17(21)24/h1-5,8-9,16H,6-7,10H2,(H2,21,24)(H,22,25)/t16-/m1/s1. The van der Waals surface area contributed by atoms with E-state index >= 15 is 0 Å². The van der Waals surface area contributed by atoms with Gasteiger partial charge in [0.15, 0.2) is 6.10 Å². The number of morpholine rings is 1. The second-order valence-corrected chi connectivity index (χ2v) is 6.66. The fraction of sp³-hybridized carbons (Fsp3) is 0.222. The van der Waals surface area contributed by atoms with Crippen molar-refractivity contribution in [3.8, 4) is 11.1 Å². The van der Waals surface area contributed by atoms with Crippen LogP contribution in [0.25, 0.3) is 11.1 Å². The van der Waals surface area contributed by atoms with Gasteiger partial charge in [0, 0.05) is 12.2 Å². The van der Waals surface area contributed by atoms with Crippen molar-refractivity contribution < 1.29 is 14.3 Å². The average Bonchev–Trinajstić information content (AvgIpc) is 2.64. The number of halogens is 2. The maximum absolute atomic E-state index is 12.5. The lowest BCUT2D eigenvalue weighted by molar-refractivity contribution is -0.133. The maximum Gasteiger partial charge on any atom is 0.322 e. The third-order valence-corrected chi connectivity index (χ3v) is 4.78. The summed E-state index contributed by atoms with van der Waals surface area (Å²) < 4.78 is 5.25. The summed E-state index contributed by atoms with van der Waals surface area (Å²) in [7, 11) is 0. The number of amides is 3. The van der Waals surface area contributed by atoms with Gasteiger partial charge < -0.3 is 20.7 Å². The number of ether oxygens (including phenoxy) is 1. The van der Waals surface area contributed by atoms with E-state index < -0.39 is 12.0 Å². The maximum atomic E-state index is 12.5. The minimum Gasteiger partial charge on any atom is -0.367 e. The molecular weight excluding hydrogens is 377 g/mol. The normalized spacial score (nSPS) is 17.0. The highest BCUT2D eigenvalue weighted by Gasteiger charge is 2.27. The summed E-state index contributed by atoms with van der Waals surface area (Å²) in [5, 5.41) is 3.77. The molecule has 1 saturated heterocycles. The lowest BCUT2D eigenvalue weighted by atomic mass is 10.1. The monoisotopic (exact) mass is 393 g/mol. The molecule has 0 bridgehead atoms. The van der Waals surface area contributed by atoms with Crippen molar-refractivity contribution >= 4 is 40.8 Å². The van der Waals surface area contributed by atoms with Crippen LogP contribution in [0.1, 0.15) is 0 Å². The first-order valence-corrected chi connectivity index (χ1v) is 8.72. The topological polar surface area (TPSA) is 84.7 Å². The van der Waals surface area contributed by atoms with Crippen LogP contribution < -0.4 is 11.1 Å². The summed E-state index contributed by atoms with van der Waals surface area (Å²) in [5.41, 5.74) is 7.64. The molecule has 0 saturated carbocycles. The van der Waals surface area contributed by atoms with E-state index in [1.54, 1.807) is 18.2 Å². The van der Waals surface area contributed by atoms with Gasteiger partial charge in [0.1, 0.15) is 0 Å². The molecule has 3 rings (SSSR count). The fourth-order valence-electron chi connectivity index (χ4n) is 2.66. The van der Waals surface area contributed by atoms with Gasteiger partial charge in [-0.05, 0) is 35.4 Å². The number of urea groups is 1. The summed E-state index contributed by atoms with van der Waals surface area (Å²) in [4.78, 5) is 25.2. The van der Waals surface area contributed by atoms with Crippen molar-refractivity contribution in [2.24, 2.45) is 5.73 Å². The fourth-order valence-corrected chi connectivity index (χ4v) is 2.96. The minimum atomic E-state index is -0.781. The van der Waals surface area contributed by atoms with Crippen molar-refractivity contribution in [3.63, 3.8) is 0 Å². The van der Waals surface area contributed by atoms with Gasteiger partial charge in [-0.25, -0.2) is 4.79 Å². The lowest BCUT2D eigenvalue weighted by Gasteiger charge is -2.31. The molecule has 3 N–H and O–H groups in total. The Morgan fingerprint density at radius 3 is 2.62 bits per heavy atom. The molecule has 6 nitrogen and oxygen atoms in total. The van der Waals surface area contributed by atoms with Crippen molar-refractivity contribution in [2.45, 2.75) is 6.10 Å². The Balaban J connectivity index is 1.73. The third kappa shape index (κ3) is 4.27. The average molecular weight is 394 g/mol. The molecule has 0 aliphatic carbocycles. The van der Waals surface area contributed by atoms with E-state index in [1.165, 1.54) is 4.90 Å². The number of nitrogens with two attached hydrogens (primary N) is 1. The van der Waals surface area contributed by atoms with Crippen molar-refractivity contribution in [2.75, 3.05) is 25.0 Å². The summed E-state index contributed by atoms with van der Waals surface area (Å²) in [6, 6.07) is 12.4. The zero-order chi connectivity index (χ0) is 18.7. The smallest absolute Gasteiger partial charge is 0.322 e. The van der Waals surface area contributed by atoms with E-state index in [9.17, 15) is 9.59 Å². The molecule has 0 radical (unpaired) electrons. The second-order valence-electron chi connectivity index (χ2n) is 5.85. The molecule has 26 heavy (non-hydrogen) atoms. The molecule has 1 fully saturated rings. The first kappa shape index (κ1) is 18.5. The van der Waals surface area contributed by atoms with Crippen molar-refractivity contribution in [1.29, 1.82) is 0 Å². The van der Waals surface area contributed by atoms with Crippen LogP contribution in [-0.2, 0) is 9.53 Å². The SMILES string of the molecule is NC(=O)[C@H]1CN(C(=O)Nc2cccc(-c3ccc(Cl)c(Cl)c3)c2)CCO1. The molecule has 0 aromatic heterocycles. The van der Waals surface area contributed by atoms with Crippen LogP contribution in [-0.4, -0.2) is 42.6 Å². The van der Waals surface area contributed by atoms with E-state index in [0.29, 0.717) is 22.3 Å². The minimum absolute atomic E-state index is 0.133. The van der Waals surface area contributed by atoms with Gasteiger partial charge in [-0.15, -0.1) is 0 Å². The number of nitrogens with one attached hydrogen (secondary N) is 1. The molecule has 1 aliphatic rings. The van der Waals surface area contributed by atoms with Crippen LogP contribution in [0, 0.1) is 0 Å². The molecule has 8 heteroatoms. The van der Waals surface area contributed by atoms with Gasteiger partial charge in [-0.1, -0.05) is 41.4 Å². The summed E-state index contributed by atoms with van der Waals surface area (Å²) >= 11 is 12.0. The molecule has 1 aliphatic heterocycles. The van der Waals surface area contributed by atoms with E-state index in [4.69, 9.17) is 33.7 Å². The quantitative estimate of drug-likeness (QED) is 0.837. The summed E-state index contributed by atoms with van der Waals surface area (Å²) in [6.45, 7) is 0.792.